The van der Waals surface area contributed by atoms with E-state index in [2.05, 4.69) is 49.4 Å². The predicted octanol–water partition coefficient (Wildman–Crippen LogP) is 3.25. The van der Waals surface area contributed by atoms with Crippen molar-refractivity contribution < 1.29 is 0 Å². The fourth-order valence-corrected chi connectivity index (χ4v) is 1.69. The van der Waals surface area contributed by atoms with Crippen LogP contribution >= 0.6 is 0 Å². The lowest BCUT2D eigenvalue weighted by atomic mass is 10.1. The number of rotatable bonds is 4. The molecule has 0 aliphatic rings. The second-order valence-electron chi connectivity index (χ2n) is 4.43. The summed E-state index contributed by atoms with van der Waals surface area (Å²) >= 11 is 0. The van der Waals surface area contributed by atoms with Crippen LogP contribution < -0.4 is 0 Å². The third-order valence-electron chi connectivity index (χ3n) is 2.79. The first-order chi connectivity index (χ1) is 7.75. The molecule has 84 valence electrons. The van der Waals surface area contributed by atoms with Crippen LogP contribution in [0.15, 0.2) is 42.7 Å². The first-order valence-corrected chi connectivity index (χ1v) is 5.82. The molecule has 0 aliphatic heterocycles. The van der Waals surface area contributed by atoms with Gasteiger partial charge in [0.25, 0.3) is 0 Å². The van der Waals surface area contributed by atoms with E-state index in [-0.39, 0.29) is 0 Å². The highest BCUT2D eigenvalue weighted by Gasteiger charge is 2.02. The van der Waals surface area contributed by atoms with Crippen LogP contribution in [0, 0.1) is 0 Å². The van der Waals surface area contributed by atoms with Gasteiger partial charge in [-0.2, -0.15) is 5.10 Å². The average Bonchev–Trinajstić information content (AvgIpc) is 2.76. The fourth-order valence-electron chi connectivity index (χ4n) is 1.69. The van der Waals surface area contributed by atoms with Crippen molar-refractivity contribution in [3.05, 3.63) is 53.9 Å². The van der Waals surface area contributed by atoms with Crippen LogP contribution in [-0.4, -0.2) is 9.78 Å². The fraction of sp³-hybridized carbons (Fsp3) is 0.357. The quantitative estimate of drug-likeness (QED) is 0.764. The van der Waals surface area contributed by atoms with E-state index in [1.807, 2.05) is 16.9 Å². The van der Waals surface area contributed by atoms with Crippen LogP contribution in [0.5, 0.6) is 0 Å². The van der Waals surface area contributed by atoms with Gasteiger partial charge in [-0.25, -0.2) is 0 Å². The average molecular weight is 214 g/mol. The molecule has 0 bridgehead atoms. The van der Waals surface area contributed by atoms with Crippen LogP contribution in [0.1, 0.15) is 30.9 Å². The molecule has 0 unspecified atom stereocenters. The molecule has 2 aromatic rings. The monoisotopic (exact) mass is 214 g/mol. The molecule has 16 heavy (non-hydrogen) atoms. The molecule has 2 heteroatoms. The van der Waals surface area contributed by atoms with Gasteiger partial charge in [-0.3, -0.25) is 4.68 Å². The third-order valence-corrected chi connectivity index (χ3v) is 2.79. The Kier molecular flexibility index (Phi) is 3.40. The second-order valence-corrected chi connectivity index (χ2v) is 4.43. The molecule has 0 saturated carbocycles. The molecular weight excluding hydrogens is 196 g/mol. The molecule has 1 aromatic heterocycles. The highest BCUT2D eigenvalue weighted by molar-refractivity contribution is 5.15. The van der Waals surface area contributed by atoms with E-state index in [4.69, 9.17) is 0 Å². The van der Waals surface area contributed by atoms with Gasteiger partial charge in [-0.15, -0.1) is 0 Å². The zero-order valence-electron chi connectivity index (χ0n) is 9.93. The molecule has 0 spiro atoms. The van der Waals surface area contributed by atoms with E-state index >= 15 is 0 Å². The predicted molar refractivity (Wildman–Crippen MR) is 66.5 cm³/mol. The highest BCUT2D eigenvalue weighted by Crippen LogP contribution is 2.12. The summed E-state index contributed by atoms with van der Waals surface area (Å²) in [5.74, 6) is 0.561. The summed E-state index contributed by atoms with van der Waals surface area (Å²) < 4.78 is 2.03. The van der Waals surface area contributed by atoms with Gasteiger partial charge in [0.1, 0.15) is 0 Å². The van der Waals surface area contributed by atoms with Crippen molar-refractivity contribution in [3.8, 4) is 0 Å². The summed E-state index contributed by atoms with van der Waals surface area (Å²) in [5.41, 5.74) is 2.68. The Morgan fingerprint density at radius 3 is 2.56 bits per heavy atom. The summed E-state index contributed by atoms with van der Waals surface area (Å²) in [6.07, 6.45) is 5.16. The standard InChI is InChI=1S/C14H18N2/c1-12(2)14-10-15-16(11-14)9-8-13-6-4-3-5-7-13/h3-7,10-12H,8-9H2,1-2H3. The van der Waals surface area contributed by atoms with Crippen LogP contribution in [0.3, 0.4) is 0 Å². The highest BCUT2D eigenvalue weighted by atomic mass is 15.3. The summed E-state index contributed by atoms with van der Waals surface area (Å²) in [5, 5.41) is 4.37. The first kappa shape index (κ1) is 10.9. The molecule has 0 radical (unpaired) electrons. The smallest absolute Gasteiger partial charge is 0.0524 e. The van der Waals surface area contributed by atoms with Gasteiger partial charge in [-0.1, -0.05) is 44.2 Å². The molecule has 0 aliphatic carbocycles. The van der Waals surface area contributed by atoms with Crippen LogP contribution in [-0.2, 0) is 13.0 Å². The van der Waals surface area contributed by atoms with Crippen molar-refractivity contribution in [3.63, 3.8) is 0 Å². The minimum Gasteiger partial charge on any atom is -0.272 e. The molecule has 0 atom stereocenters. The summed E-state index contributed by atoms with van der Waals surface area (Å²) in [4.78, 5) is 0. The van der Waals surface area contributed by atoms with Crippen molar-refractivity contribution >= 4 is 0 Å². The number of aryl methyl sites for hydroxylation is 2. The van der Waals surface area contributed by atoms with Gasteiger partial charge in [0.15, 0.2) is 0 Å². The van der Waals surface area contributed by atoms with Crippen molar-refractivity contribution in [2.45, 2.75) is 32.7 Å². The van der Waals surface area contributed by atoms with Crippen LogP contribution in [0.4, 0.5) is 0 Å². The molecule has 0 N–H and O–H groups in total. The maximum Gasteiger partial charge on any atom is 0.0524 e. The minimum atomic E-state index is 0.561. The second kappa shape index (κ2) is 4.97. The van der Waals surface area contributed by atoms with Gasteiger partial charge >= 0.3 is 0 Å². The molecule has 1 heterocycles. The molecule has 0 saturated heterocycles. The Bertz CT molecular complexity index is 429. The molecule has 1 aromatic carbocycles. The van der Waals surface area contributed by atoms with Gasteiger partial charge in [0.2, 0.25) is 0 Å². The van der Waals surface area contributed by atoms with Gasteiger partial charge in [-0.05, 0) is 23.5 Å². The Balaban J connectivity index is 1.95. The van der Waals surface area contributed by atoms with Crippen molar-refractivity contribution in [2.75, 3.05) is 0 Å². The number of hydrogen-bond donors (Lipinski definition) is 0. The number of benzene rings is 1. The molecule has 2 nitrogen and oxygen atoms in total. The zero-order chi connectivity index (χ0) is 11.4. The number of aromatic nitrogens is 2. The van der Waals surface area contributed by atoms with Crippen molar-refractivity contribution in [2.24, 2.45) is 0 Å². The lowest BCUT2D eigenvalue weighted by Gasteiger charge is -2.02. The van der Waals surface area contributed by atoms with Crippen molar-refractivity contribution in [1.29, 1.82) is 0 Å². The summed E-state index contributed by atoms with van der Waals surface area (Å²) in [6.45, 7) is 5.34. The Hall–Kier alpha value is -1.57. The maximum atomic E-state index is 4.37. The van der Waals surface area contributed by atoms with E-state index in [1.165, 1.54) is 11.1 Å². The number of hydrogen-bond acceptors (Lipinski definition) is 1. The van der Waals surface area contributed by atoms with Gasteiger partial charge in [0, 0.05) is 12.7 Å². The van der Waals surface area contributed by atoms with E-state index < -0.39 is 0 Å². The molecule has 0 amide bonds. The van der Waals surface area contributed by atoms with Gasteiger partial charge < -0.3 is 0 Å². The summed E-state index contributed by atoms with van der Waals surface area (Å²) in [7, 11) is 0. The maximum absolute atomic E-state index is 4.37. The lowest BCUT2D eigenvalue weighted by molar-refractivity contribution is 0.614. The van der Waals surface area contributed by atoms with Gasteiger partial charge in [0.05, 0.1) is 6.20 Å². The Morgan fingerprint density at radius 2 is 1.94 bits per heavy atom. The molecule has 2 rings (SSSR count). The number of nitrogens with zero attached hydrogens (tertiary/aromatic N) is 2. The summed E-state index contributed by atoms with van der Waals surface area (Å²) in [6, 6.07) is 10.5. The van der Waals surface area contributed by atoms with Crippen LogP contribution in [0.2, 0.25) is 0 Å². The molecule has 0 fully saturated rings. The topological polar surface area (TPSA) is 17.8 Å². The minimum absolute atomic E-state index is 0.561. The Morgan fingerprint density at radius 1 is 1.19 bits per heavy atom. The van der Waals surface area contributed by atoms with E-state index in [9.17, 15) is 0 Å². The largest absolute Gasteiger partial charge is 0.272 e. The van der Waals surface area contributed by atoms with E-state index in [1.54, 1.807) is 0 Å². The third kappa shape index (κ3) is 2.72. The van der Waals surface area contributed by atoms with E-state index in [0.717, 1.165) is 13.0 Å². The van der Waals surface area contributed by atoms with Crippen molar-refractivity contribution in [1.82, 2.24) is 9.78 Å². The zero-order valence-corrected chi connectivity index (χ0v) is 9.93. The Labute approximate surface area is 96.9 Å². The van der Waals surface area contributed by atoms with E-state index in [0.29, 0.717) is 5.92 Å². The SMILES string of the molecule is CC(C)c1cnn(CCc2ccccc2)c1. The lowest BCUT2D eigenvalue weighted by Crippen LogP contribution is -2.01. The molecular formula is C14H18N2. The van der Waals surface area contributed by atoms with Crippen LogP contribution in [0.25, 0.3) is 0 Å². The first-order valence-electron chi connectivity index (χ1n) is 5.82. The normalized spacial score (nSPS) is 10.9.